The predicted molar refractivity (Wildman–Crippen MR) is 112 cm³/mol. The molecule has 8 heteroatoms. The fourth-order valence-corrected chi connectivity index (χ4v) is 3.72. The number of nitrogens with zero attached hydrogens (tertiary/aromatic N) is 5. The Kier molecular flexibility index (Phi) is 8.41. The molecule has 7 nitrogen and oxygen atoms in total. The van der Waals surface area contributed by atoms with E-state index in [0.717, 1.165) is 56.8 Å². The van der Waals surface area contributed by atoms with Crippen molar-refractivity contribution >= 4 is 29.9 Å². The molecule has 142 valence electrons. The number of hydrogen-bond donors (Lipinski definition) is 2. The summed E-state index contributed by atoms with van der Waals surface area (Å²) in [6, 6.07) is 1.13. The molecule has 0 spiro atoms. The largest absolute Gasteiger partial charge is 0.357 e. The van der Waals surface area contributed by atoms with E-state index < -0.39 is 0 Å². The van der Waals surface area contributed by atoms with Crippen LogP contribution in [0.15, 0.2) is 11.3 Å². The lowest BCUT2D eigenvalue weighted by Crippen LogP contribution is -2.47. The summed E-state index contributed by atoms with van der Waals surface area (Å²) in [6.45, 7) is 5.72. The Labute approximate surface area is 168 Å². The first-order valence-corrected chi connectivity index (χ1v) is 9.38. The Morgan fingerprint density at radius 3 is 2.92 bits per heavy atom. The van der Waals surface area contributed by atoms with E-state index in [0.29, 0.717) is 6.04 Å². The highest BCUT2D eigenvalue weighted by Crippen LogP contribution is 2.21. The van der Waals surface area contributed by atoms with Gasteiger partial charge >= 0.3 is 0 Å². The number of hydrogen-bond acceptors (Lipinski definition) is 4. The molecule has 1 unspecified atom stereocenters. The monoisotopic (exact) mass is 461 g/mol. The van der Waals surface area contributed by atoms with E-state index in [-0.39, 0.29) is 24.0 Å². The van der Waals surface area contributed by atoms with Crippen LogP contribution in [0.3, 0.4) is 0 Å². The summed E-state index contributed by atoms with van der Waals surface area (Å²) < 4.78 is 2.00. The molecule has 1 saturated carbocycles. The van der Waals surface area contributed by atoms with E-state index in [1.54, 1.807) is 6.33 Å². The molecule has 25 heavy (non-hydrogen) atoms. The quantitative estimate of drug-likeness (QED) is 0.383. The maximum Gasteiger partial charge on any atom is 0.191 e. The topological polar surface area (TPSA) is 70.4 Å². The first-order valence-electron chi connectivity index (χ1n) is 9.38. The maximum atomic E-state index is 4.77. The lowest BCUT2D eigenvalue weighted by molar-refractivity contribution is 0.252. The number of likely N-dealkylation sites (N-methyl/N-ethyl adjacent to an activating group) is 1. The van der Waals surface area contributed by atoms with E-state index in [9.17, 15) is 0 Å². The number of aromatic nitrogens is 3. The molecule has 2 N–H and O–H groups in total. The number of nitrogens with one attached hydrogen (secondary N) is 2. The van der Waals surface area contributed by atoms with Crippen LogP contribution in [-0.4, -0.2) is 64.4 Å². The molecule has 0 amide bonds. The van der Waals surface area contributed by atoms with Crippen LogP contribution in [0.2, 0.25) is 0 Å². The highest BCUT2D eigenvalue weighted by atomic mass is 127. The third-order valence-corrected chi connectivity index (χ3v) is 5.16. The van der Waals surface area contributed by atoms with Gasteiger partial charge in [0.2, 0.25) is 0 Å². The van der Waals surface area contributed by atoms with Gasteiger partial charge in [-0.25, -0.2) is 9.67 Å². The smallest absolute Gasteiger partial charge is 0.191 e. The Morgan fingerprint density at radius 2 is 2.16 bits per heavy atom. The summed E-state index contributed by atoms with van der Waals surface area (Å²) in [6.07, 6.45) is 9.16. The Hall–Kier alpha value is -0.900. The Morgan fingerprint density at radius 1 is 1.36 bits per heavy atom. The summed E-state index contributed by atoms with van der Waals surface area (Å²) in [7, 11) is 2.24. The van der Waals surface area contributed by atoms with Gasteiger partial charge in [-0.3, -0.25) is 4.99 Å². The van der Waals surface area contributed by atoms with Crippen molar-refractivity contribution < 1.29 is 0 Å². The molecular formula is C17H32IN7. The lowest BCUT2D eigenvalue weighted by atomic mass is 10.1. The highest BCUT2D eigenvalue weighted by molar-refractivity contribution is 14.0. The minimum Gasteiger partial charge on any atom is -0.357 e. The van der Waals surface area contributed by atoms with Gasteiger partial charge in [0.1, 0.15) is 12.2 Å². The zero-order valence-corrected chi connectivity index (χ0v) is 17.8. The molecule has 1 aromatic rings. The summed E-state index contributed by atoms with van der Waals surface area (Å²) in [5.74, 6) is 2.01. The molecule has 2 aliphatic rings. The first kappa shape index (κ1) is 20.4. The second kappa shape index (κ2) is 10.3. The predicted octanol–water partition coefficient (Wildman–Crippen LogP) is 1.64. The number of fused-ring (bicyclic) bond motifs is 1. The van der Waals surface area contributed by atoms with Crippen molar-refractivity contribution in [3.8, 4) is 0 Å². The molecule has 1 aromatic heterocycles. The summed E-state index contributed by atoms with van der Waals surface area (Å²) in [5.41, 5.74) is 0. The minimum atomic E-state index is 0. The van der Waals surface area contributed by atoms with Crippen molar-refractivity contribution in [2.45, 2.75) is 64.1 Å². The summed E-state index contributed by atoms with van der Waals surface area (Å²) in [5, 5.41) is 11.2. The van der Waals surface area contributed by atoms with Crippen molar-refractivity contribution in [1.82, 2.24) is 30.3 Å². The molecule has 1 fully saturated rings. The van der Waals surface area contributed by atoms with Crippen LogP contribution in [0, 0.1) is 0 Å². The van der Waals surface area contributed by atoms with E-state index in [4.69, 9.17) is 4.99 Å². The molecule has 0 radical (unpaired) electrons. The highest BCUT2D eigenvalue weighted by Gasteiger charge is 2.21. The van der Waals surface area contributed by atoms with Gasteiger partial charge in [0.15, 0.2) is 5.96 Å². The number of halogens is 1. The zero-order valence-electron chi connectivity index (χ0n) is 15.4. The zero-order chi connectivity index (χ0) is 16.8. The maximum absolute atomic E-state index is 4.77. The molecule has 1 atom stereocenters. The fourth-order valence-electron chi connectivity index (χ4n) is 3.72. The second-order valence-corrected chi connectivity index (χ2v) is 6.92. The molecule has 1 aliphatic carbocycles. The van der Waals surface area contributed by atoms with Crippen LogP contribution in [-0.2, 0) is 13.0 Å². The van der Waals surface area contributed by atoms with Crippen molar-refractivity contribution in [1.29, 1.82) is 0 Å². The number of aliphatic imine (C=N–C) groups is 1. The third-order valence-electron chi connectivity index (χ3n) is 5.16. The van der Waals surface area contributed by atoms with Crippen molar-refractivity contribution in [2.75, 3.05) is 26.7 Å². The minimum absolute atomic E-state index is 0. The van der Waals surface area contributed by atoms with Gasteiger partial charge in [0, 0.05) is 31.6 Å². The lowest BCUT2D eigenvalue weighted by Gasteiger charge is -2.26. The molecule has 0 bridgehead atoms. The van der Waals surface area contributed by atoms with Crippen molar-refractivity contribution in [2.24, 2.45) is 4.99 Å². The number of guanidine groups is 1. The normalized spacial score (nSPS) is 21.1. The van der Waals surface area contributed by atoms with Crippen LogP contribution < -0.4 is 10.6 Å². The summed E-state index contributed by atoms with van der Waals surface area (Å²) >= 11 is 0. The fraction of sp³-hybridized carbons (Fsp3) is 0.824. The summed E-state index contributed by atoms with van der Waals surface area (Å²) in [4.78, 5) is 11.5. The second-order valence-electron chi connectivity index (χ2n) is 6.92. The molecule has 2 heterocycles. The van der Waals surface area contributed by atoms with Crippen molar-refractivity contribution in [3.63, 3.8) is 0 Å². The number of rotatable bonds is 6. The van der Waals surface area contributed by atoms with Gasteiger partial charge in [0.05, 0.1) is 13.1 Å². The standard InChI is InChI=1S/C17H31N7.HI/c1-3-18-17(19-10-11-23(2)15-6-4-5-7-15)22-14-8-9-16-20-13-21-24(16)12-14;/h13-15H,3-12H2,1-2H3,(H2,18,19,22);1H. The Bertz CT molecular complexity index is 539. The van der Waals surface area contributed by atoms with Gasteiger partial charge in [-0.1, -0.05) is 12.8 Å². The molecule has 0 aromatic carbocycles. The van der Waals surface area contributed by atoms with Gasteiger partial charge in [0.25, 0.3) is 0 Å². The average Bonchev–Trinajstić information content (AvgIpc) is 3.26. The number of aryl methyl sites for hydroxylation is 1. The van der Waals surface area contributed by atoms with E-state index >= 15 is 0 Å². The molecule has 3 rings (SSSR count). The van der Waals surface area contributed by atoms with Crippen LogP contribution in [0.4, 0.5) is 0 Å². The molecule has 1 aliphatic heterocycles. The Balaban J connectivity index is 0.00000225. The van der Waals surface area contributed by atoms with Crippen LogP contribution >= 0.6 is 24.0 Å². The van der Waals surface area contributed by atoms with E-state index in [2.05, 4.69) is 39.6 Å². The van der Waals surface area contributed by atoms with Gasteiger partial charge in [-0.05, 0) is 33.2 Å². The molecular weight excluding hydrogens is 429 g/mol. The van der Waals surface area contributed by atoms with Crippen LogP contribution in [0.5, 0.6) is 0 Å². The third kappa shape index (κ3) is 5.80. The van der Waals surface area contributed by atoms with E-state index in [1.165, 1.54) is 25.7 Å². The van der Waals surface area contributed by atoms with Gasteiger partial charge in [-0.2, -0.15) is 5.10 Å². The van der Waals surface area contributed by atoms with Crippen LogP contribution in [0.1, 0.15) is 44.9 Å². The van der Waals surface area contributed by atoms with Gasteiger partial charge in [-0.15, -0.1) is 24.0 Å². The molecule has 0 saturated heterocycles. The van der Waals surface area contributed by atoms with Crippen molar-refractivity contribution in [3.05, 3.63) is 12.2 Å². The van der Waals surface area contributed by atoms with Crippen LogP contribution in [0.25, 0.3) is 0 Å². The van der Waals surface area contributed by atoms with Gasteiger partial charge < -0.3 is 15.5 Å². The first-order chi connectivity index (χ1) is 11.8. The average molecular weight is 461 g/mol. The SMILES string of the molecule is CCNC(=NCCN(C)C1CCCC1)NC1CCc2ncnn2C1.I. The van der Waals surface area contributed by atoms with E-state index in [1.807, 2.05) is 4.68 Å².